The van der Waals surface area contributed by atoms with Crippen LogP contribution in [0, 0.1) is 17.2 Å². The van der Waals surface area contributed by atoms with Crippen molar-refractivity contribution in [1.82, 2.24) is 14.8 Å². The van der Waals surface area contributed by atoms with Crippen molar-refractivity contribution in [2.45, 2.75) is 48.2 Å². The molecule has 0 aliphatic heterocycles. The Labute approximate surface area is 200 Å². The average molecular weight is 484 g/mol. The molecule has 0 saturated carbocycles. The molecular weight excluding hydrogens is 458 g/mol. The largest absolute Gasteiger partial charge is 0.310 e. The number of anilines is 1. The minimum absolute atomic E-state index is 0.148. The number of benzene rings is 1. The zero-order valence-corrected chi connectivity index (χ0v) is 20.6. The number of thioether (sulfide) groups is 2. The molecule has 0 fully saturated rings. The number of para-hydroxylation sites is 1. The summed E-state index contributed by atoms with van der Waals surface area (Å²) in [4.78, 5) is 12.9. The first-order valence-corrected chi connectivity index (χ1v) is 13.5. The Bertz CT molecular complexity index is 1130. The van der Waals surface area contributed by atoms with Gasteiger partial charge in [-0.25, -0.2) is 0 Å². The third-order valence-electron chi connectivity index (χ3n) is 5.11. The lowest BCUT2D eigenvalue weighted by Gasteiger charge is -2.17. The fourth-order valence-corrected chi connectivity index (χ4v) is 6.54. The first-order valence-electron chi connectivity index (χ1n) is 10.7. The van der Waals surface area contributed by atoms with Crippen LogP contribution in [0.25, 0.3) is 5.69 Å². The lowest BCUT2D eigenvalue weighted by atomic mass is 9.95. The van der Waals surface area contributed by atoms with Gasteiger partial charge in [0.25, 0.3) is 0 Å². The molecule has 1 aliphatic carbocycles. The highest BCUT2D eigenvalue weighted by atomic mass is 32.2. The zero-order chi connectivity index (χ0) is 22.5. The Hall–Kier alpha value is -2.28. The molecule has 9 heteroatoms. The molecule has 1 aliphatic rings. The van der Waals surface area contributed by atoms with Crippen LogP contribution in [0.1, 0.15) is 43.5 Å². The van der Waals surface area contributed by atoms with Crippen LogP contribution >= 0.6 is 34.9 Å². The van der Waals surface area contributed by atoms with Gasteiger partial charge in [-0.05, 0) is 49.3 Å². The van der Waals surface area contributed by atoms with E-state index < -0.39 is 0 Å². The van der Waals surface area contributed by atoms with Gasteiger partial charge in [-0.15, -0.1) is 10.2 Å². The number of rotatable bonds is 8. The van der Waals surface area contributed by atoms with Crippen molar-refractivity contribution in [3.63, 3.8) is 0 Å². The maximum absolute atomic E-state index is 12.9. The Morgan fingerprint density at radius 2 is 1.91 bits per heavy atom. The molecule has 2 heterocycles. The molecule has 166 valence electrons. The molecule has 0 unspecified atom stereocenters. The number of hydrogen-bond donors (Lipinski definition) is 1. The second-order valence-electron chi connectivity index (χ2n) is 8.01. The van der Waals surface area contributed by atoms with E-state index in [1.807, 2.05) is 30.3 Å². The normalized spacial score (nSPS) is 13.1. The Balaban J connectivity index is 1.52. The minimum atomic E-state index is -0.148. The fourth-order valence-electron chi connectivity index (χ4n) is 3.74. The SMILES string of the molecule is CC(C)CSc1nnc(SCC(=O)Nc2c(C#N)c3c(n2-c2ccccc2)CCCC3)s1. The van der Waals surface area contributed by atoms with Gasteiger partial charge in [-0.1, -0.05) is 66.9 Å². The maximum Gasteiger partial charge on any atom is 0.235 e. The van der Waals surface area contributed by atoms with Crippen molar-refractivity contribution in [3.05, 3.63) is 47.2 Å². The molecule has 0 radical (unpaired) electrons. The number of amides is 1. The number of aromatic nitrogens is 3. The van der Waals surface area contributed by atoms with E-state index in [1.54, 1.807) is 11.8 Å². The molecule has 0 spiro atoms. The van der Waals surface area contributed by atoms with Gasteiger partial charge < -0.3 is 5.32 Å². The third kappa shape index (κ3) is 5.20. The Morgan fingerprint density at radius 1 is 1.19 bits per heavy atom. The minimum Gasteiger partial charge on any atom is -0.310 e. The van der Waals surface area contributed by atoms with Gasteiger partial charge in [-0.3, -0.25) is 9.36 Å². The molecule has 3 aromatic rings. The van der Waals surface area contributed by atoms with Gasteiger partial charge in [0.1, 0.15) is 11.9 Å². The standard InChI is InChI=1S/C23H25N5OS3/c1-15(2)13-30-22-26-27-23(32-22)31-14-20(29)25-21-18(12-24)17-10-6-7-11-19(17)28(21)16-8-4-3-5-9-16/h3-5,8-9,15H,6-7,10-11,13-14H2,1-2H3,(H,25,29). The maximum atomic E-state index is 12.9. The van der Waals surface area contributed by atoms with Crippen molar-refractivity contribution in [2.75, 3.05) is 16.8 Å². The van der Waals surface area contributed by atoms with Gasteiger partial charge in [0.15, 0.2) is 8.68 Å². The van der Waals surface area contributed by atoms with Crippen LogP contribution in [0.5, 0.6) is 0 Å². The van der Waals surface area contributed by atoms with Crippen LogP contribution in [0.15, 0.2) is 39.0 Å². The number of fused-ring (bicyclic) bond motifs is 1. The molecule has 1 aromatic carbocycles. The summed E-state index contributed by atoms with van der Waals surface area (Å²) < 4.78 is 3.77. The van der Waals surface area contributed by atoms with E-state index in [1.165, 1.54) is 23.1 Å². The average Bonchev–Trinajstić information content (AvgIpc) is 3.38. The summed E-state index contributed by atoms with van der Waals surface area (Å²) in [6, 6.07) is 12.3. The lowest BCUT2D eigenvalue weighted by molar-refractivity contribution is -0.113. The molecule has 1 amide bonds. The smallest absolute Gasteiger partial charge is 0.235 e. The highest BCUT2D eigenvalue weighted by Gasteiger charge is 2.26. The summed E-state index contributed by atoms with van der Waals surface area (Å²) in [5.41, 5.74) is 3.76. The van der Waals surface area contributed by atoms with Crippen LogP contribution < -0.4 is 5.32 Å². The predicted octanol–water partition coefficient (Wildman–Crippen LogP) is 5.56. The molecule has 0 bridgehead atoms. The number of nitrogens with one attached hydrogen (secondary N) is 1. The van der Waals surface area contributed by atoms with Gasteiger partial charge >= 0.3 is 0 Å². The van der Waals surface area contributed by atoms with Gasteiger partial charge in [0.2, 0.25) is 5.91 Å². The van der Waals surface area contributed by atoms with Crippen molar-refractivity contribution in [3.8, 4) is 11.8 Å². The van der Waals surface area contributed by atoms with Crippen LogP contribution in [0.2, 0.25) is 0 Å². The van der Waals surface area contributed by atoms with E-state index in [4.69, 9.17) is 0 Å². The lowest BCUT2D eigenvalue weighted by Crippen LogP contribution is -2.18. The van der Waals surface area contributed by atoms with E-state index in [0.29, 0.717) is 17.3 Å². The molecule has 6 nitrogen and oxygen atoms in total. The summed E-state index contributed by atoms with van der Waals surface area (Å²) in [6.45, 7) is 4.35. The topological polar surface area (TPSA) is 83.6 Å². The molecule has 1 N–H and O–H groups in total. The number of hydrogen-bond acceptors (Lipinski definition) is 7. The molecule has 0 saturated heterocycles. The van der Waals surface area contributed by atoms with Crippen molar-refractivity contribution < 1.29 is 4.79 Å². The monoisotopic (exact) mass is 483 g/mol. The van der Waals surface area contributed by atoms with Crippen molar-refractivity contribution in [2.24, 2.45) is 5.92 Å². The third-order valence-corrected chi connectivity index (χ3v) is 8.73. The summed E-state index contributed by atoms with van der Waals surface area (Å²) in [6.07, 6.45) is 3.94. The second-order valence-corrected chi connectivity index (χ2v) is 11.5. The molecule has 4 rings (SSSR count). The van der Waals surface area contributed by atoms with E-state index in [0.717, 1.165) is 57.1 Å². The van der Waals surface area contributed by atoms with E-state index >= 15 is 0 Å². The van der Waals surface area contributed by atoms with Crippen LogP contribution in [0.4, 0.5) is 5.82 Å². The van der Waals surface area contributed by atoms with E-state index in [2.05, 4.69) is 40.0 Å². The number of nitriles is 1. The second kappa shape index (κ2) is 10.6. The molecule has 0 atom stereocenters. The molecule has 2 aromatic heterocycles. The van der Waals surface area contributed by atoms with Crippen LogP contribution in [-0.4, -0.2) is 32.2 Å². The van der Waals surface area contributed by atoms with E-state index in [-0.39, 0.29) is 11.7 Å². The predicted molar refractivity (Wildman–Crippen MR) is 132 cm³/mol. The highest BCUT2D eigenvalue weighted by Crippen LogP contribution is 2.36. The van der Waals surface area contributed by atoms with Crippen LogP contribution in [-0.2, 0) is 17.6 Å². The molecular formula is C23H25N5OS3. The van der Waals surface area contributed by atoms with Crippen molar-refractivity contribution >= 4 is 46.6 Å². The summed E-state index contributed by atoms with van der Waals surface area (Å²) >= 11 is 4.60. The molecule has 32 heavy (non-hydrogen) atoms. The summed E-state index contributed by atoms with van der Waals surface area (Å²) in [5, 5.41) is 21.3. The Kier molecular flexibility index (Phi) is 7.55. The highest BCUT2D eigenvalue weighted by molar-refractivity contribution is 8.03. The van der Waals surface area contributed by atoms with Gasteiger partial charge in [0, 0.05) is 17.1 Å². The summed E-state index contributed by atoms with van der Waals surface area (Å²) in [7, 11) is 0. The summed E-state index contributed by atoms with van der Waals surface area (Å²) in [5.74, 6) is 2.25. The zero-order valence-electron chi connectivity index (χ0n) is 18.1. The first kappa shape index (κ1) is 22.9. The Morgan fingerprint density at radius 3 is 2.62 bits per heavy atom. The van der Waals surface area contributed by atoms with Crippen LogP contribution in [0.3, 0.4) is 0 Å². The van der Waals surface area contributed by atoms with Gasteiger partial charge in [-0.2, -0.15) is 5.26 Å². The van der Waals surface area contributed by atoms with E-state index in [9.17, 15) is 10.1 Å². The first-order chi connectivity index (χ1) is 15.6. The number of nitrogens with zero attached hydrogens (tertiary/aromatic N) is 4. The van der Waals surface area contributed by atoms with Gasteiger partial charge in [0.05, 0.1) is 11.3 Å². The van der Waals surface area contributed by atoms with Crippen molar-refractivity contribution in [1.29, 1.82) is 5.26 Å². The number of carbonyl (C=O) groups excluding carboxylic acids is 1. The quantitative estimate of drug-likeness (QED) is 0.423. The fraction of sp³-hybridized carbons (Fsp3) is 0.391. The number of carbonyl (C=O) groups is 1.